The summed E-state index contributed by atoms with van der Waals surface area (Å²) < 4.78 is 17.1. The summed E-state index contributed by atoms with van der Waals surface area (Å²) in [5, 5.41) is 3.18. The van der Waals surface area contributed by atoms with Crippen LogP contribution in [0.5, 0.6) is 0 Å². The van der Waals surface area contributed by atoms with Crippen LogP contribution < -0.4 is 11.1 Å². The highest BCUT2D eigenvalue weighted by atomic mass is 32.2. The van der Waals surface area contributed by atoms with Crippen LogP contribution in [0.4, 0.5) is 4.79 Å². The molecule has 1 aromatic carbocycles. The monoisotopic (exact) mass is 380 g/mol. The molecule has 1 aliphatic heterocycles. The molecule has 8 heteroatoms. The largest absolute Gasteiger partial charge is 0.450 e. The van der Waals surface area contributed by atoms with Gasteiger partial charge in [0.1, 0.15) is 0 Å². The average Bonchev–Trinajstić information content (AvgIpc) is 2.63. The zero-order chi connectivity index (χ0) is 18.8. The second-order valence-electron chi connectivity index (χ2n) is 6.15. The molecule has 1 aliphatic rings. The van der Waals surface area contributed by atoms with Gasteiger partial charge in [-0.1, -0.05) is 30.3 Å². The van der Waals surface area contributed by atoms with Gasteiger partial charge >= 0.3 is 6.09 Å². The third-order valence-electron chi connectivity index (χ3n) is 4.14. The lowest BCUT2D eigenvalue weighted by Gasteiger charge is -2.31. The second kappa shape index (κ2) is 10.8. The molecule has 1 heterocycles. The molecule has 7 nitrogen and oxygen atoms in total. The van der Waals surface area contributed by atoms with Crippen LogP contribution in [0.1, 0.15) is 25.3 Å². The third kappa shape index (κ3) is 7.03. The van der Waals surface area contributed by atoms with Crippen LogP contribution in [-0.4, -0.2) is 59.2 Å². The van der Waals surface area contributed by atoms with Crippen molar-refractivity contribution >= 4 is 22.9 Å². The molecule has 1 amide bonds. The third-order valence-corrected chi connectivity index (χ3v) is 5.44. The Hall–Kier alpha value is -2.09. The predicted molar refractivity (Wildman–Crippen MR) is 104 cm³/mol. The van der Waals surface area contributed by atoms with E-state index in [9.17, 15) is 9.00 Å². The molecule has 1 saturated heterocycles. The highest BCUT2D eigenvalue weighted by Crippen LogP contribution is 2.11. The van der Waals surface area contributed by atoms with Crippen molar-refractivity contribution in [2.24, 2.45) is 10.7 Å². The number of nitrogens with two attached hydrogens (primary N) is 1. The van der Waals surface area contributed by atoms with Crippen LogP contribution in [-0.2, 0) is 21.3 Å². The van der Waals surface area contributed by atoms with Gasteiger partial charge in [-0.05, 0) is 25.3 Å². The number of hydrogen-bond acceptors (Lipinski definition) is 4. The molecule has 144 valence electrons. The van der Waals surface area contributed by atoms with E-state index in [0.29, 0.717) is 43.7 Å². The van der Waals surface area contributed by atoms with Crippen LogP contribution in [0.25, 0.3) is 0 Å². The first-order chi connectivity index (χ1) is 12.6. The SMILES string of the molecule is CCOC(=O)N1CCC(NC(N)=NCCS(=O)Cc2ccccc2)CC1. The summed E-state index contributed by atoms with van der Waals surface area (Å²) in [5.41, 5.74) is 6.98. The number of carbonyl (C=O) groups excluding carboxylic acids is 1. The van der Waals surface area contributed by atoms with E-state index in [4.69, 9.17) is 10.5 Å². The van der Waals surface area contributed by atoms with Crippen LogP contribution in [0.2, 0.25) is 0 Å². The number of benzene rings is 1. The van der Waals surface area contributed by atoms with E-state index in [2.05, 4.69) is 10.3 Å². The Bertz CT molecular complexity index is 616. The zero-order valence-corrected chi connectivity index (χ0v) is 16.0. The number of nitrogens with one attached hydrogen (secondary N) is 1. The summed E-state index contributed by atoms with van der Waals surface area (Å²) in [6.07, 6.45) is 1.35. The van der Waals surface area contributed by atoms with Gasteiger partial charge in [0.2, 0.25) is 0 Å². The maximum Gasteiger partial charge on any atom is 0.409 e. The Morgan fingerprint density at radius 2 is 2.04 bits per heavy atom. The number of likely N-dealkylation sites (tertiary alicyclic amines) is 1. The summed E-state index contributed by atoms with van der Waals surface area (Å²) in [6.45, 7) is 3.91. The van der Waals surface area contributed by atoms with E-state index >= 15 is 0 Å². The molecule has 0 radical (unpaired) electrons. The summed E-state index contributed by atoms with van der Waals surface area (Å²) in [5.74, 6) is 1.39. The smallest absolute Gasteiger partial charge is 0.409 e. The van der Waals surface area contributed by atoms with Crippen molar-refractivity contribution in [1.29, 1.82) is 0 Å². The van der Waals surface area contributed by atoms with Gasteiger partial charge in [0, 0.05) is 41.4 Å². The number of rotatable bonds is 7. The molecular weight excluding hydrogens is 352 g/mol. The van der Waals surface area contributed by atoms with Gasteiger partial charge < -0.3 is 20.7 Å². The molecule has 26 heavy (non-hydrogen) atoms. The van der Waals surface area contributed by atoms with Gasteiger partial charge in [-0.3, -0.25) is 9.20 Å². The summed E-state index contributed by atoms with van der Waals surface area (Å²) in [4.78, 5) is 17.6. The highest BCUT2D eigenvalue weighted by molar-refractivity contribution is 7.84. The number of hydrogen-bond donors (Lipinski definition) is 2. The van der Waals surface area contributed by atoms with Gasteiger partial charge in [-0.2, -0.15) is 0 Å². The molecule has 1 unspecified atom stereocenters. The first kappa shape index (κ1) is 20.2. The van der Waals surface area contributed by atoms with E-state index in [1.807, 2.05) is 30.3 Å². The Morgan fingerprint density at radius 1 is 1.35 bits per heavy atom. The fourth-order valence-corrected chi connectivity index (χ4v) is 3.78. The molecule has 1 fully saturated rings. The highest BCUT2D eigenvalue weighted by Gasteiger charge is 2.23. The first-order valence-electron chi connectivity index (χ1n) is 8.95. The quantitative estimate of drug-likeness (QED) is 0.551. The summed E-state index contributed by atoms with van der Waals surface area (Å²) in [6, 6.07) is 9.97. The minimum absolute atomic E-state index is 0.194. The van der Waals surface area contributed by atoms with Gasteiger partial charge in [0.25, 0.3) is 0 Å². The maximum atomic E-state index is 12.1. The van der Waals surface area contributed by atoms with Crippen LogP contribution >= 0.6 is 0 Å². The van der Waals surface area contributed by atoms with Crippen molar-refractivity contribution in [2.45, 2.75) is 31.6 Å². The number of nitrogens with zero attached hydrogens (tertiary/aromatic N) is 2. The molecule has 3 N–H and O–H groups in total. The number of guanidine groups is 1. The summed E-state index contributed by atoms with van der Waals surface area (Å²) in [7, 11) is -0.955. The van der Waals surface area contributed by atoms with E-state index in [1.165, 1.54) is 0 Å². The molecular formula is C18H28N4O3S. The second-order valence-corrected chi connectivity index (χ2v) is 7.72. The fourth-order valence-electron chi connectivity index (χ4n) is 2.78. The molecule has 0 spiro atoms. The van der Waals surface area contributed by atoms with E-state index < -0.39 is 10.8 Å². The Morgan fingerprint density at radius 3 is 2.69 bits per heavy atom. The molecule has 1 atom stereocenters. The van der Waals surface area contributed by atoms with Gasteiger partial charge in [0.15, 0.2) is 5.96 Å². The molecule has 0 saturated carbocycles. The summed E-state index contributed by atoms with van der Waals surface area (Å²) >= 11 is 0. The lowest BCUT2D eigenvalue weighted by atomic mass is 10.1. The lowest BCUT2D eigenvalue weighted by molar-refractivity contribution is 0.0963. The Balaban J connectivity index is 1.65. The van der Waals surface area contributed by atoms with Crippen molar-refractivity contribution in [3.8, 4) is 0 Å². The van der Waals surface area contributed by atoms with Crippen molar-refractivity contribution in [3.63, 3.8) is 0 Å². The van der Waals surface area contributed by atoms with E-state index in [-0.39, 0.29) is 12.1 Å². The average molecular weight is 381 g/mol. The molecule has 2 rings (SSSR count). The predicted octanol–water partition coefficient (Wildman–Crippen LogP) is 1.46. The maximum absolute atomic E-state index is 12.1. The van der Waals surface area contributed by atoms with Crippen molar-refractivity contribution < 1.29 is 13.7 Å². The van der Waals surface area contributed by atoms with Crippen LogP contribution in [0.3, 0.4) is 0 Å². The number of piperidine rings is 1. The van der Waals surface area contributed by atoms with Gasteiger partial charge in [-0.25, -0.2) is 4.79 Å². The Kier molecular flexibility index (Phi) is 8.40. The molecule has 0 aromatic heterocycles. The number of carbonyl (C=O) groups is 1. The topological polar surface area (TPSA) is 97.0 Å². The van der Waals surface area contributed by atoms with Crippen molar-refractivity contribution in [1.82, 2.24) is 10.2 Å². The van der Waals surface area contributed by atoms with Crippen LogP contribution in [0.15, 0.2) is 35.3 Å². The fraction of sp³-hybridized carbons (Fsp3) is 0.556. The van der Waals surface area contributed by atoms with Crippen molar-refractivity contribution in [2.75, 3.05) is 32.0 Å². The number of aliphatic imine (C=N–C) groups is 1. The van der Waals surface area contributed by atoms with Crippen molar-refractivity contribution in [3.05, 3.63) is 35.9 Å². The molecule has 0 bridgehead atoms. The molecule has 1 aromatic rings. The minimum atomic E-state index is -0.955. The number of amides is 1. The minimum Gasteiger partial charge on any atom is -0.450 e. The molecule has 0 aliphatic carbocycles. The van der Waals surface area contributed by atoms with Crippen LogP contribution in [0, 0.1) is 0 Å². The van der Waals surface area contributed by atoms with E-state index in [1.54, 1.807) is 11.8 Å². The normalized spacial score (nSPS) is 17.0. The van der Waals surface area contributed by atoms with E-state index in [0.717, 1.165) is 18.4 Å². The van der Waals surface area contributed by atoms with Gasteiger partial charge in [-0.15, -0.1) is 0 Å². The lowest BCUT2D eigenvalue weighted by Crippen LogP contribution is -2.48. The Labute approximate surface area is 157 Å². The van der Waals surface area contributed by atoms with Gasteiger partial charge in [0.05, 0.1) is 13.2 Å². The zero-order valence-electron chi connectivity index (χ0n) is 15.2. The number of ether oxygens (including phenoxy) is 1. The standard InChI is InChI=1S/C18H28N4O3S/c1-2-25-18(23)22-11-8-16(9-12-22)21-17(19)20-10-13-26(24)14-15-6-4-3-5-7-15/h3-7,16H,2,8-14H2,1H3,(H3,19,20,21). The first-order valence-corrected chi connectivity index (χ1v) is 10.4.